The summed E-state index contributed by atoms with van der Waals surface area (Å²) in [6, 6.07) is 11.4. The minimum absolute atomic E-state index is 0.0374. The number of anilines is 2. The molecule has 2 aromatic carbocycles. The maximum atomic E-state index is 14.4. The number of methoxy groups -OCH3 is 1. The molecule has 2 aromatic rings. The number of alkyl halides is 3. The second-order valence-electron chi connectivity index (χ2n) is 9.06. The molecular formula is C28H37F4N3O2. The third kappa shape index (κ3) is 6.67. The molecule has 0 radical (unpaired) electrons. The van der Waals surface area contributed by atoms with Crippen LogP contribution in [0.3, 0.4) is 0 Å². The van der Waals surface area contributed by atoms with Gasteiger partial charge in [0.25, 0.3) is 0 Å². The smallest absolute Gasteiger partial charge is 0.431 e. The fourth-order valence-corrected chi connectivity index (χ4v) is 4.92. The highest BCUT2D eigenvalue weighted by atomic mass is 19.4. The molecule has 5 nitrogen and oxygen atoms in total. The Balaban J connectivity index is 0.00000186. The third-order valence-corrected chi connectivity index (χ3v) is 6.82. The summed E-state index contributed by atoms with van der Waals surface area (Å²) in [6.45, 7) is 8.80. The topological polar surface area (TPSA) is 37.3 Å². The van der Waals surface area contributed by atoms with Crippen LogP contribution in [0.25, 0.3) is 0 Å². The molecule has 0 amide bonds. The van der Waals surface area contributed by atoms with Gasteiger partial charge in [0.05, 0.1) is 24.5 Å². The second-order valence-corrected chi connectivity index (χ2v) is 9.06. The van der Waals surface area contributed by atoms with E-state index in [4.69, 9.17) is 9.47 Å². The number of hydrogen-bond donors (Lipinski definition) is 0. The summed E-state index contributed by atoms with van der Waals surface area (Å²) >= 11 is 0. The highest BCUT2D eigenvalue weighted by Crippen LogP contribution is 2.37. The van der Waals surface area contributed by atoms with Gasteiger partial charge in [-0.1, -0.05) is 27.7 Å². The van der Waals surface area contributed by atoms with Crippen molar-refractivity contribution in [2.45, 2.75) is 71.7 Å². The minimum Gasteiger partial charge on any atom is -0.497 e. The van der Waals surface area contributed by atoms with Gasteiger partial charge in [-0.25, -0.2) is 4.39 Å². The predicted octanol–water partition coefficient (Wildman–Crippen LogP) is 7.45. The maximum Gasteiger partial charge on any atom is 0.431 e. The first-order chi connectivity index (χ1) is 17.7. The first-order valence-corrected chi connectivity index (χ1v) is 13.0. The lowest BCUT2D eigenvalue weighted by Gasteiger charge is -2.26. The van der Waals surface area contributed by atoms with E-state index >= 15 is 0 Å². The summed E-state index contributed by atoms with van der Waals surface area (Å²) in [5, 5.41) is 5.39. The number of ether oxygens (including phenoxy) is 2. The Labute approximate surface area is 217 Å². The second kappa shape index (κ2) is 12.5. The van der Waals surface area contributed by atoms with Crippen LogP contribution in [-0.4, -0.2) is 44.2 Å². The van der Waals surface area contributed by atoms with E-state index in [9.17, 15) is 17.6 Å². The molecule has 1 fully saturated rings. The highest BCUT2D eigenvalue weighted by Gasteiger charge is 2.47. The zero-order chi connectivity index (χ0) is 27.2. The van der Waals surface area contributed by atoms with Crippen molar-refractivity contribution in [3.8, 4) is 11.5 Å². The Morgan fingerprint density at radius 2 is 1.68 bits per heavy atom. The molecular weight excluding hydrogens is 486 g/mol. The lowest BCUT2D eigenvalue weighted by atomic mass is 9.95. The van der Waals surface area contributed by atoms with E-state index in [1.165, 1.54) is 11.1 Å². The SMILES string of the molecule is CC.CC[C@H]1C(C)C(C(F)(F)F)=NN1c1ccc(OC2CCCN(c3cc(OC)ccc3F)CC2)cc1. The highest BCUT2D eigenvalue weighted by molar-refractivity contribution is 5.95. The Kier molecular flexibility index (Phi) is 9.68. The number of rotatable bonds is 6. The largest absolute Gasteiger partial charge is 0.497 e. The van der Waals surface area contributed by atoms with Gasteiger partial charge in [0.15, 0.2) is 0 Å². The van der Waals surface area contributed by atoms with Crippen molar-refractivity contribution in [3.63, 3.8) is 0 Å². The normalized spacial score (nSPS) is 22.1. The Morgan fingerprint density at radius 3 is 2.30 bits per heavy atom. The molecule has 0 spiro atoms. The number of hydrazone groups is 1. The van der Waals surface area contributed by atoms with E-state index in [1.807, 2.05) is 25.7 Å². The molecule has 0 saturated carbocycles. The van der Waals surface area contributed by atoms with Crippen molar-refractivity contribution < 1.29 is 27.0 Å². The predicted molar refractivity (Wildman–Crippen MR) is 140 cm³/mol. The molecule has 0 aliphatic carbocycles. The average molecular weight is 524 g/mol. The fraction of sp³-hybridized carbons (Fsp3) is 0.536. The number of benzene rings is 2. The molecule has 4 rings (SSSR count). The van der Waals surface area contributed by atoms with Crippen LogP contribution >= 0.6 is 0 Å². The summed E-state index contributed by atoms with van der Waals surface area (Å²) < 4.78 is 65.9. The van der Waals surface area contributed by atoms with Gasteiger partial charge in [0, 0.05) is 31.5 Å². The van der Waals surface area contributed by atoms with Crippen LogP contribution in [0.5, 0.6) is 11.5 Å². The first kappa shape index (κ1) is 28.6. The molecule has 204 valence electrons. The Morgan fingerprint density at radius 1 is 1.00 bits per heavy atom. The van der Waals surface area contributed by atoms with Crippen molar-refractivity contribution in [2.24, 2.45) is 11.0 Å². The Hall–Kier alpha value is -2.97. The number of halogens is 4. The van der Waals surface area contributed by atoms with E-state index in [1.54, 1.807) is 50.4 Å². The minimum atomic E-state index is -4.44. The molecule has 0 aromatic heterocycles. The van der Waals surface area contributed by atoms with Gasteiger partial charge in [-0.2, -0.15) is 18.3 Å². The first-order valence-electron chi connectivity index (χ1n) is 13.0. The van der Waals surface area contributed by atoms with E-state index in [2.05, 4.69) is 5.10 Å². The summed E-state index contributed by atoms with van der Waals surface area (Å²) in [5.41, 5.74) is 0.398. The van der Waals surface area contributed by atoms with E-state index in [0.29, 0.717) is 42.4 Å². The lowest BCUT2D eigenvalue weighted by Crippen LogP contribution is -2.34. The van der Waals surface area contributed by atoms with Gasteiger partial charge in [0.2, 0.25) is 0 Å². The van der Waals surface area contributed by atoms with Gasteiger partial charge in [-0.3, -0.25) is 5.01 Å². The maximum absolute atomic E-state index is 14.4. The zero-order valence-corrected chi connectivity index (χ0v) is 22.2. The van der Waals surface area contributed by atoms with Crippen LogP contribution in [0.1, 0.15) is 53.4 Å². The van der Waals surface area contributed by atoms with Crippen molar-refractivity contribution in [2.75, 3.05) is 30.1 Å². The van der Waals surface area contributed by atoms with Crippen LogP contribution in [0.4, 0.5) is 28.9 Å². The summed E-state index contributed by atoms with van der Waals surface area (Å²) in [4.78, 5) is 2.01. The molecule has 9 heteroatoms. The van der Waals surface area contributed by atoms with Crippen LogP contribution in [0.2, 0.25) is 0 Å². The van der Waals surface area contributed by atoms with E-state index in [0.717, 1.165) is 19.3 Å². The Bertz CT molecular complexity index is 1040. The summed E-state index contributed by atoms with van der Waals surface area (Å²) in [7, 11) is 1.56. The van der Waals surface area contributed by atoms with Gasteiger partial charge < -0.3 is 14.4 Å². The van der Waals surface area contributed by atoms with Crippen LogP contribution < -0.4 is 19.4 Å². The fourth-order valence-electron chi connectivity index (χ4n) is 4.92. The molecule has 37 heavy (non-hydrogen) atoms. The average Bonchev–Trinajstić information content (AvgIpc) is 3.07. The van der Waals surface area contributed by atoms with Crippen molar-refractivity contribution in [1.29, 1.82) is 0 Å². The summed E-state index contributed by atoms with van der Waals surface area (Å²) in [5.74, 6) is 0.293. The van der Waals surface area contributed by atoms with Gasteiger partial charge in [-0.05, 0) is 55.7 Å². The molecule has 0 N–H and O–H groups in total. The molecule has 2 aliphatic heterocycles. The molecule has 2 unspecified atom stereocenters. The molecule has 2 aliphatic rings. The summed E-state index contributed by atoms with van der Waals surface area (Å²) in [6.07, 6.45) is -1.53. The third-order valence-electron chi connectivity index (χ3n) is 6.82. The van der Waals surface area contributed by atoms with E-state index < -0.39 is 17.8 Å². The number of nitrogens with zero attached hydrogens (tertiary/aromatic N) is 3. The molecule has 1 saturated heterocycles. The standard InChI is InChI=1S/C26H31F4N3O2.C2H6/c1-4-23-17(2)25(26(28,29)30)31-33(23)18-7-9-20(10-8-18)35-19-6-5-14-32(15-13-19)24-16-21(34-3)11-12-22(24)27;1-2/h7-12,16-17,19,23H,4-6,13-15H2,1-3H3;1-2H3/t17?,19?,23-;/m0./s1. The van der Waals surface area contributed by atoms with Gasteiger partial charge in [-0.15, -0.1) is 0 Å². The van der Waals surface area contributed by atoms with Crippen LogP contribution in [-0.2, 0) is 0 Å². The molecule has 0 bridgehead atoms. The molecule has 2 heterocycles. The van der Waals surface area contributed by atoms with Crippen molar-refractivity contribution >= 4 is 17.1 Å². The van der Waals surface area contributed by atoms with Crippen LogP contribution in [0.15, 0.2) is 47.6 Å². The monoisotopic (exact) mass is 523 g/mol. The zero-order valence-electron chi connectivity index (χ0n) is 22.2. The number of hydrogen-bond acceptors (Lipinski definition) is 5. The van der Waals surface area contributed by atoms with Gasteiger partial charge in [0.1, 0.15) is 29.1 Å². The molecule has 3 atom stereocenters. The lowest BCUT2D eigenvalue weighted by molar-refractivity contribution is -0.0620. The van der Waals surface area contributed by atoms with E-state index in [-0.39, 0.29) is 18.0 Å². The van der Waals surface area contributed by atoms with Gasteiger partial charge >= 0.3 is 6.18 Å². The van der Waals surface area contributed by atoms with Crippen molar-refractivity contribution in [3.05, 3.63) is 48.3 Å². The van der Waals surface area contributed by atoms with Crippen molar-refractivity contribution in [1.82, 2.24) is 0 Å². The quantitative estimate of drug-likeness (QED) is 0.369. The van der Waals surface area contributed by atoms with Crippen LogP contribution in [0, 0.1) is 11.7 Å².